The molecule has 0 aliphatic carbocycles. The Morgan fingerprint density at radius 2 is 1.05 bits per heavy atom. The van der Waals surface area contributed by atoms with E-state index in [1.165, 1.54) is 44.1 Å². The lowest BCUT2D eigenvalue weighted by molar-refractivity contribution is 0.0967. The van der Waals surface area contributed by atoms with Crippen LogP contribution in [-0.2, 0) is 9.47 Å². The van der Waals surface area contributed by atoms with Gasteiger partial charge in [0, 0.05) is 26.4 Å². The van der Waals surface area contributed by atoms with Gasteiger partial charge >= 0.3 is 0 Å². The van der Waals surface area contributed by atoms with Crippen LogP contribution in [0.3, 0.4) is 0 Å². The monoisotopic (exact) mass is 264 g/mol. The zero-order valence-electron chi connectivity index (χ0n) is 12.3. The van der Waals surface area contributed by atoms with Crippen molar-refractivity contribution in [3.63, 3.8) is 0 Å². The maximum Gasteiger partial charge on any atom is 0.0466 e. The molecule has 19 heavy (non-hydrogen) atoms. The molecule has 0 saturated carbocycles. The first-order valence-electron chi connectivity index (χ1n) is 7.57. The summed E-state index contributed by atoms with van der Waals surface area (Å²) in [7, 11) is 0. The molecule has 2 fully saturated rings. The zero-order valence-corrected chi connectivity index (χ0v) is 12.3. The predicted octanol–water partition coefficient (Wildman–Crippen LogP) is 4.37. The third-order valence-electron chi connectivity index (χ3n) is 3.10. The minimum absolute atomic E-state index is 1.00. The van der Waals surface area contributed by atoms with Crippen LogP contribution in [0, 0.1) is 6.92 Å². The Hall–Kier alpha value is -0.860. The van der Waals surface area contributed by atoms with Crippen LogP contribution < -0.4 is 0 Å². The maximum atomic E-state index is 5.07. The summed E-state index contributed by atoms with van der Waals surface area (Å²) >= 11 is 0. The van der Waals surface area contributed by atoms with E-state index in [1.807, 2.05) is 18.2 Å². The summed E-state index contributed by atoms with van der Waals surface area (Å²) < 4.78 is 10.1. The minimum atomic E-state index is 1.00. The van der Waals surface area contributed by atoms with Gasteiger partial charge in [-0.25, -0.2) is 0 Å². The predicted molar refractivity (Wildman–Crippen MR) is 80.5 cm³/mol. The second-order valence-corrected chi connectivity index (χ2v) is 5.00. The van der Waals surface area contributed by atoms with Crippen molar-refractivity contribution in [3.8, 4) is 0 Å². The van der Waals surface area contributed by atoms with Crippen molar-refractivity contribution in [1.82, 2.24) is 0 Å². The summed E-state index contributed by atoms with van der Waals surface area (Å²) in [4.78, 5) is 0. The lowest BCUT2D eigenvalue weighted by atomic mass is 10.2. The third kappa shape index (κ3) is 10.7. The molecule has 2 heteroatoms. The number of hydrogen-bond donors (Lipinski definition) is 0. The summed E-state index contributed by atoms with van der Waals surface area (Å²) in [5, 5.41) is 0. The van der Waals surface area contributed by atoms with Crippen molar-refractivity contribution in [2.24, 2.45) is 0 Å². The first kappa shape index (κ1) is 16.2. The second kappa shape index (κ2) is 12.2. The van der Waals surface area contributed by atoms with Gasteiger partial charge < -0.3 is 9.47 Å². The highest BCUT2D eigenvalue weighted by Gasteiger charge is 1.95. The summed E-state index contributed by atoms with van der Waals surface area (Å²) in [5.74, 6) is 0. The molecule has 0 atom stereocenters. The number of benzene rings is 1. The molecule has 2 aliphatic heterocycles. The van der Waals surface area contributed by atoms with Crippen LogP contribution in [-0.4, -0.2) is 26.4 Å². The van der Waals surface area contributed by atoms with Gasteiger partial charge in [0.15, 0.2) is 0 Å². The summed E-state index contributed by atoms with van der Waals surface area (Å²) in [6, 6.07) is 10.3. The van der Waals surface area contributed by atoms with Gasteiger partial charge in [0.2, 0.25) is 0 Å². The highest BCUT2D eigenvalue weighted by Crippen LogP contribution is 2.02. The smallest absolute Gasteiger partial charge is 0.0466 e. The lowest BCUT2D eigenvalue weighted by Crippen LogP contribution is -2.03. The van der Waals surface area contributed by atoms with Crippen LogP contribution in [0.4, 0.5) is 0 Å². The maximum absolute atomic E-state index is 5.07. The Labute approximate surface area is 118 Å². The normalized spacial score (nSPS) is 18.4. The van der Waals surface area contributed by atoms with Gasteiger partial charge in [-0.1, -0.05) is 35.9 Å². The van der Waals surface area contributed by atoms with Crippen molar-refractivity contribution in [1.29, 1.82) is 0 Å². The van der Waals surface area contributed by atoms with Crippen molar-refractivity contribution in [2.45, 2.75) is 45.4 Å². The number of aryl methyl sites for hydroxylation is 1. The molecule has 0 unspecified atom stereocenters. The molecule has 2 aliphatic rings. The van der Waals surface area contributed by atoms with Crippen molar-refractivity contribution in [2.75, 3.05) is 26.4 Å². The van der Waals surface area contributed by atoms with Crippen LogP contribution in [0.5, 0.6) is 0 Å². The molecule has 108 valence electrons. The Bertz CT molecular complexity index is 242. The number of hydrogen-bond acceptors (Lipinski definition) is 2. The molecule has 0 spiro atoms. The summed E-state index contributed by atoms with van der Waals surface area (Å²) in [6.45, 7) is 6.08. The molecule has 0 radical (unpaired) electrons. The molecule has 0 amide bonds. The molecule has 0 aromatic heterocycles. The first-order chi connectivity index (χ1) is 9.39. The van der Waals surface area contributed by atoms with Crippen LogP contribution in [0.1, 0.15) is 44.1 Å². The average molecular weight is 264 g/mol. The van der Waals surface area contributed by atoms with Crippen molar-refractivity contribution >= 4 is 0 Å². The van der Waals surface area contributed by atoms with E-state index in [2.05, 4.69) is 19.1 Å². The van der Waals surface area contributed by atoms with E-state index >= 15 is 0 Å². The molecule has 2 saturated heterocycles. The van der Waals surface area contributed by atoms with E-state index < -0.39 is 0 Å². The molecule has 1 aromatic carbocycles. The van der Waals surface area contributed by atoms with E-state index in [0.717, 1.165) is 26.4 Å². The molecule has 2 heterocycles. The summed E-state index contributed by atoms with van der Waals surface area (Å²) in [6.07, 6.45) is 7.86. The molecule has 0 N–H and O–H groups in total. The van der Waals surface area contributed by atoms with Gasteiger partial charge in [-0.15, -0.1) is 0 Å². The average Bonchev–Trinajstić information content (AvgIpc) is 2.53. The van der Waals surface area contributed by atoms with Gasteiger partial charge in [-0.3, -0.25) is 0 Å². The topological polar surface area (TPSA) is 18.5 Å². The minimum Gasteiger partial charge on any atom is -0.381 e. The fourth-order valence-electron chi connectivity index (χ4n) is 1.91. The Balaban J connectivity index is 0.000000143. The van der Waals surface area contributed by atoms with E-state index in [1.54, 1.807) is 0 Å². The molecular weight excluding hydrogens is 236 g/mol. The summed E-state index contributed by atoms with van der Waals surface area (Å²) in [5.41, 5.74) is 1.32. The molecular formula is C17H28O2. The van der Waals surface area contributed by atoms with Gasteiger partial charge in [0.05, 0.1) is 0 Å². The van der Waals surface area contributed by atoms with E-state index in [9.17, 15) is 0 Å². The van der Waals surface area contributed by atoms with E-state index in [4.69, 9.17) is 9.47 Å². The van der Waals surface area contributed by atoms with Crippen LogP contribution in [0.2, 0.25) is 0 Å². The number of ether oxygens (including phenoxy) is 2. The van der Waals surface area contributed by atoms with Crippen LogP contribution in [0.25, 0.3) is 0 Å². The van der Waals surface area contributed by atoms with Crippen molar-refractivity contribution < 1.29 is 9.47 Å². The SMILES string of the molecule is C1CCOCC1.C1CCOCC1.Cc1ccccc1. The van der Waals surface area contributed by atoms with Gasteiger partial charge in [0.25, 0.3) is 0 Å². The fraction of sp³-hybridized carbons (Fsp3) is 0.647. The fourth-order valence-corrected chi connectivity index (χ4v) is 1.91. The molecule has 2 nitrogen and oxygen atoms in total. The Kier molecular flexibility index (Phi) is 10.4. The standard InChI is InChI=1S/C7H8.2C5H10O/c1-7-5-3-2-4-6-7;2*1-2-4-6-5-3-1/h2-6H,1H3;2*1-5H2. The van der Waals surface area contributed by atoms with E-state index in [0.29, 0.717) is 0 Å². The lowest BCUT2D eigenvalue weighted by Gasteiger charge is -2.08. The molecule has 1 aromatic rings. The van der Waals surface area contributed by atoms with Gasteiger partial charge in [0.1, 0.15) is 0 Å². The third-order valence-corrected chi connectivity index (χ3v) is 3.10. The Morgan fingerprint density at radius 3 is 1.21 bits per heavy atom. The Morgan fingerprint density at radius 1 is 0.632 bits per heavy atom. The van der Waals surface area contributed by atoms with Crippen LogP contribution >= 0.6 is 0 Å². The second-order valence-electron chi connectivity index (χ2n) is 5.00. The van der Waals surface area contributed by atoms with Crippen molar-refractivity contribution in [3.05, 3.63) is 35.9 Å². The van der Waals surface area contributed by atoms with Crippen LogP contribution in [0.15, 0.2) is 30.3 Å². The largest absolute Gasteiger partial charge is 0.381 e. The highest BCUT2D eigenvalue weighted by atomic mass is 16.5. The quantitative estimate of drug-likeness (QED) is 0.693. The molecule has 0 bridgehead atoms. The number of rotatable bonds is 0. The molecule has 3 rings (SSSR count). The van der Waals surface area contributed by atoms with Gasteiger partial charge in [-0.2, -0.15) is 0 Å². The van der Waals surface area contributed by atoms with Gasteiger partial charge in [-0.05, 0) is 45.4 Å². The van der Waals surface area contributed by atoms with E-state index in [-0.39, 0.29) is 0 Å². The highest BCUT2D eigenvalue weighted by molar-refractivity contribution is 5.11. The zero-order chi connectivity index (χ0) is 13.6. The first-order valence-corrected chi connectivity index (χ1v) is 7.57.